The van der Waals surface area contributed by atoms with Crippen LogP contribution in [0.4, 0.5) is 0 Å². The maximum atomic E-state index is 8.57. The van der Waals surface area contributed by atoms with E-state index in [2.05, 4.69) is 18.7 Å². The summed E-state index contributed by atoms with van der Waals surface area (Å²) in [7, 11) is 0. The third-order valence-electron chi connectivity index (χ3n) is 1.53. The Morgan fingerprint density at radius 2 is 2.00 bits per heavy atom. The molecule has 0 aliphatic carbocycles. The fraction of sp³-hybridized carbons (Fsp3) is 0.833. The van der Waals surface area contributed by atoms with E-state index in [4.69, 9.17) is 10.00 Å². The fourth-order valence-electron chi connectivity index (χ4n) is 0.821. The maximum absolute atomic E-state index is 8.57. The molecule has 1 aliphatic rings. The van der Waals surface area contributed by atoms with Gasteiger partial charge in [-0.2, -0.15) is 17.9 Å². The van der Waals surface area contributed by atoms with Crippen molar-refractivity contribution in [1.82, 2.24) is 0 Å². The summed E-state index contributed by atoms with van der Waals surface area (Å²) >= 11 is 4.21. The fourth-order valence-corrected chi connectivity index (χ4v) is 1.00. The van der Waals surface area contributed by atoms with Crippen LogP contribution in [0.2, 0.25) is 0 Å². The first-order valence-electron chi connectivity index (χ1n) is 2.98. The van der Waals surface area contributed by atoms with Crippen molar-refractivity contribution in [2.45, 2.75) is 17.6 Å². The Balaban J connectivity index is 2.49. The third kappa shape index (κ3) is 1.60. The van der Waals surface area contributed by atoms with Crippen molar-refractivity contribution in [2.24, 2.45) is 0 Å². The lowest BCUT2D eigenvalue weighted by molar-refractivity contribution is 0.0890. The Morgan fingerprint density at radius 3 is 2.33 bits per heavy atom. The summed E-state index contributed by atoms with van der Waals surface area (Å²) < 4.78 is 4.66. The zero-order chi connectivity index (χ0) is 6.74. The quantitative estimate of drug-likeness (QED) is 0.513. The van der Waals surface area contributed by atoms with Crippen LogP contribution in [0.25, 0.3) is 0 Å². The highest BCUT2D eigenvalue weighted by Gasteiger charge is 2.27. The molecule has 1 saturated heterocycles. The summed E-state index contributed by atoms with van der Waals surface area (Å²) in [6, 6.07) is 2.16. The lowest BCUT2D eigenvalue weighted by Gasteiger charge is -2.24. The summed E-state index contributed by atoms with van der Waals surface area (Å²) in [5, 5.41) is 8.57. The number of ether oxygens (including phenoxy) is 1. The molecule has 0 aromatic heterocycles. The summed E-state index contributed by atoms with van der Waals surface area (Å²) in [6.45, 7) is 1.36. The Labute approximate surface area is 60.2 Å². The van der Waals surface area contributed by atoms with Crippen LogP contribution in [0.3, 0.4) is 0 Å². The van der Waals surface area contributed by atoms with Crippen molar-refractivity contribution in [3.8, 4) is 6.07 Å². The molecule has 0 amide bonds. The molecule has 0 atom stereocenters. The lowest BCUT2D eigenvalue weighted by atomic mass is 10.0. The molecule has 0 aromatic rings. The largest absolute Gasteiger partial charge is 0.381 e. The van der Waals surface area contributed by atoms with E-state index in [-0.39, 0.29) is 0 Å². The number of nitrogens with zero attached hydrogens (tertiary/aromatic N) is 1. The number of nitriles is 1. The van der Waals surface area contributed by atoms with Crippen LogP contribution in [-0.4, -0.2) is 18.0 Å². The van der Waals surface area contributed by atoms with E-state index in [1.54, 1.807) is 0 Å². The number of rotatable bonds is 0. The number of hydrogen-bond donors (Lipinski definition) is 1. The van der Waals surface area contributed by atoms with Crippen LogP contribution in [0.5, 0.6) is 0 Å². The van der Waals surface area contributed by atoms with Crippen molar-refractivity contribution < 1.29 is 4.74 Å². The molecule has 1 rings (SSSR count). The van der Waals surface area contributed by atoms with Gasteiger partial charge in [-0.3, -0.25) is 0 Å². The molecular weight excluding hydrogens is 134 g/mol. The summed E-state index contributed by atoms with van der Waals surface area (Å²) in [4.78, 5) is 0. The van der Waals surface area contributed by atoms with E-state index in [0.717, 1.165) is 12.8 Å². The molecule has 1 heterocycles. The van der Waals surface area contributed by atoms with Crippen molar-refractivity contribution in [3.05, 3.63) is 0 Å². The van der Waals surface area contributed by atoms with E-state index in [1.807, 2.05) is 0 Å². The Morgan fingerprint density at radius 1 is 1.44 bits per heavy atom. The van der Waals surface area contributed by atoms with Gasteiger partial charge < -0.3 is 4.74 Å². The molecule has 0 unspecified atom stereocenters. The molecule has 9 heavy (non-hydrogen) atoms. The first-order chi connectivity index (χ1) is 4.27. The second-order valence-corrected chi connectivity index (χ2v) is 3.11. The first-order valence-corrected chi connectivity index (χ1v) is 3.43. The van der Waals surface area contributed by atoms with Crippen LogP contribution >= 0.6 is 12.6 Å². The van der Waals surface area contributed by atoms with Crippen LogP contribution in [0.15, 0.2) is 0 Å². The molecule has 0 bridgehead atoms. The molecule has 2 nitrogen and oxygen atoms in total. The van der Waals surface area contributed by atoms with E-state index in [9.17, 15) is 0 Å². The topological polar surface area (TPSA) is 33.0 Å². The Bertz CT molecular complexity index is 134. The van der Waals surface area contributed by atoms with Gasteiger partial charge in [-0.25, -0.2) is 0 Å². The van der Waals surface area contributed by atoms with E-state index >= 15 is 0 Å². The molecular formula is C6H9NOS. The molecule has 0 saturated carbocycles. The smallest absolute Gasteiger partial charge is 0.104 e. The second-order valence-electron chi connectivity index (χ2n) is 2.26. The molecule has 1 fully saturated rings. The van der Waals surface area contributed by atoms with Gasteiger partial charge in [0.1, 0.15) is 4.75 Å². The zero-order valence-electron chi connectivity index (χ0n) is 5.13. The molecule has 0 N–H and O–H groups in total. The predicted octanol–water partition coefficient (Wildman–Crippen LogP) is 0.989. The first kappa shape index (κ1) is 6.91. The minimum Gasteiger partial charge on any atom is -0.381 e. The van der Waals surface area contributed by atoms with Crippen molar-refractivity contribution in [2.75, 3.05) is 13.2 Å². The molecule has 1 aliphatic heterocycles. The standard InChI is InChI=1S/C6H9NOS/c7-5-6(9)1-3-8-4-2-6/h9H,1-4H2. The average molecular weight is 143 g/mol. The van der Waals surface area contributed by atoms with Gasteiger partial charge in [-0.05, 0) is 12.8 Å². The highest BCUT2D eigenvalue weighted by Crippen LogP contribution is 2.25. The van der Waals surface area contributed by atoms with Crippen LogP contribution in [0.1, 0.15) is 12.8 Å². The normalized spacial score (nSPS) is 24.9. The average Bonchev–Trinajstić information content (AvgIpc) is 1.90. The minimum absolute atomic E-state index is 0.405. The van der Waals surface area contributed by atoms with Gasteiger partial charge in [0.15, 0.2) is 0 Å². The summed E-state index contributed by atoms with van der Waals surface area (Å²) in [5.74, 6) is 0. The van der Waals surface area contributed by atoms with Gasteiger partial charge in [0, 0.05) is 13.2 Å². The Kier molecular flexibility index (Phi) is 1.99. The van der Waals surface area contributed by atoms with Crippen molar-refractivity contribution in [1.29, 1.82) is 5.26 Å². The van der Waals surface area contributed by atoms with E-state index < -0.39 is 4.75 Å². The van der Waals surface area contributed by atoms with Crippen LogP contribution in [0, 0.1) is 11.3 Å². The number of thiol groups is 1. The summed E-state index contributed by atoms with van der Waals surface area (Å²) in [6.07, 6.45) is 1.51. The van der Waals surface area contributed by atoms with Gasteiger partial charge >= 0.3 is 0 Å². The second kappa shape index (κ2) is 2.59. The summed E-state index contributed by atoms with van der Waals surface area (Å²) in [5.41, 5.74) is 0. The van der Waals surface area contributed by atoms with E-state index in [1.165, 1.54) is 0 Å². The monoisotopic (exact) mass is 143 g/mol. The van der Waals surface area contributed by atoms with Crippen molar-refractivity contribution in [3.63, 3.8) is 0 Å². The van der Waals surface area contributed by atoms with Crippen LogP contribution in [-0.2, 0) is 4.74 Å². The van der Waals surface area contributed by atoms with Gasteiger partial charge in [-0.1, -0.05) is 0 Å². The highest BCUT2D eigenvalue weighted by molar-refractivity contribution is 7.82. The highest BCUT2D eigenvalue weighted by atomic mass is 32.1. The third-order valence-corrected chi connectivity index (χ3v) is 2.08. The van der Waals surface area contributed by atoms with Gasteiger partial charge in [0.25, 0.3) is 0 Å². The Hall–Kier alpha value is -0.200. The van der Waals surface area contributed by atoms with Gasteiger partial charge in [0.2, 0.25) is 0 Å². The van der Waals surface area contributed by atoms with E-state index in [0.29, 0.717) is 13.2 Å². The minimum atomic E-state index is -0.405. The van der Waals surface area contributed by atoms with Gasteiger partial charge in [-0.15, -0.1) is 0 Å². The van der Waals surface area contributed by atoms with Crippen molar-refractivity contribution >= 4 is 12.6 Å². The zero-order valence-corrected chi connectivity index (χ0v) is 6.03. The number of hydrogen-bond acceptors (Lipinski definition) is 3. The molecule has 0 spiro atoms. The molecule has 3 heteroatoms. The molecule has 50 valence electrons. The molecule has 0 aromatic carbocycles. The van der Waals surface area contributed by atoms with Gasteiger partial charge in [0.05, 0.1) is 6.07 Å². The lowest BCUT2D eigenvalue weighted by Crippen LogP contribution is -2.28. The maximum Gasteiger partial charge on any atom is 0.104 e. The predicted molar refractivity (Wildman–Crippen MR) is 37.4 cm³/mol. The SMILES string of the molecule is N#CC1(S)CCOCC1. The molecule has 0 radical (unpaired) electrons. The van der Waals surface area contributed by atoms with Crippen LogP contribution < -0.4 is 0 Å².